The predicted octanol–water partition coefficient (Wildman–Crippen LogP) is 2.49. The van der Waals surface area contributed by atoms with Gasteiger partial charge in [-0.3, -0.25) is 0 Å². The second-order valence-electron chi connectivity index (χ2n) is 5.08. The molecule has 1 aromatic rings. The first kappa shape index (κ1) is 12.1. The van der Waals surface area contributed by atoms with E-state index >= 15 is 0 Å². The van der Waals surface area contributed by atoms with Gasteiger partial charge < -0.3 is 11.1 Å². The van der Waals surface area contributed by atoms with Crippen LogP contribution in [-0.2, 0) is 6.42 Å². The smallest absolute Gasteiger partial charge is 0.163 e. The van der Waals surface area contributed by atoms with Crippen molar-refractivity contribution in [2.75, 3.05) is 6.54 Å². The van der Waals surface area contributed by atoms with Crippen LogP contribution < -0.4 is 11.1 Å². The monoisotopic (exact) mass is 246 g/mol. The summed E-state index contributed by atoms with van der Waals surface area (Å²) < 4.78 is 0. The molecule has 2 nitrogen and oxygen atoms in total. The molecule has 0 radical (unpaired) electrons. The summed E-state index contributed by atoms with van der Waals surface area (Å²) >= 11 is 4.81. The standard InChI is InChI=1S/C14H18N2S/c1-14(2)9-10-5-3-4-6-11(10)12(14)7-8-16-13(15)17/h3-7H,8-9H2,1-2H3,(H3,15,16,17)/b12-7-. The molecular weight excluding hydrogens is 228 g/mol. The summed E-state index contributed by atoms with van der Waals surface area (Å²) in [6.07, 6.45) is 3.30. The van der Waals surface area contributed by atoms with E-state index < -0.39 is 0 Å². The molecule has 0 aliphatic heterocycles. The highest BCUT2D eigenvalue weighted by Crippen LogP contribution is 2.45. The number of rotatable bonds is 2. The Morgan fingerprint density at radius 2 is 2.18 bits per heavy atom. The molecule has 0 amide bonds. The fourth-order valence-corrected chi connectivity index (χ4v) is 2.60. The topological polar surface area (TPSA) is 38.0 Å². The Labute approximate surface area is 108 Å². The Hall–Kier alpha value is -1.35. The van der Waals surface area contributed by atoms with Crippen molar-refractivity contribution in [1.29, 1.82) is 0 Å². The molecule has 0 spiro atoms. The number of benzene rings is 1. The second-order valence-corrected chi connectivity index (χ2v) is 5.52. The van der Waals surface area contributed by atoms with Crippen molar-refractivity contribution in [1.82, 2.24) is 5.32 Å². The average molecular weight is 246 g/mol. The van der Waals surface area contributed by atoms with Crippen molar-refractivity contribution in [3.05, 3.63) is 41.5 Å². The normalized spacial score (nSPS) is 19.1. The fourth-order valence-electron chi connectivity index (χ4n) is 2.51. The largest absolute Gasteiger partial charge is 0.376 e. The van der Waals surface area contributed by atoms with Gasteiger partial charge in [-0.25, -0.2) is 0 Å². The predicted molar refractivity (Wildman–Crippen MR) is 76.7 cm³/mol. The second kappa shape index (κ2) is 4.49. The van der Waals surface area contributed by atoms with Crippen LogP contribution >= 0.6 is 12.2 Å². The van der Waals surface area contributed by atoms with Crippen LogP contribution in [0.25, 0.3) is 5.57 Å². The van der Waals surface area contributed by atoms with E-state index in [9.17, 15) is 0 Å². The third-order valence-electron chi connectivity index (χ3n) is 3.25. The van der Waals surface area contributed by atoms with Crippen molar-refractivity contribution < 1.29 is 0 Å². The lowest BCUT2D eigenvalue weighted by Gasteiger charge is -2.20. The lowest BCUT2D eigenvalue weighted by atomic mass is 9.85. The summed E-state index contributed by atoms with van der Waals surface area (Å²) in [5, 5.41) is 3.33. The van der Waals surface area contributed by atoms with Gasteiger partial charge in [0.25, 0.3) is 0 Å². The number of nitrogens with two attached hydrogens (primary N) is 1. The van der Waals surface area contributed by atoms with Crippen LogP contribution in [-0.4, -0.2) is 11.7 Å². The van der Waals surface area contributed by atoms with Crippen LogP contribution in [0.3, 0.4) is 0 Å². The zero-order valence-corrected chi connectivity index (χ0v) is 11.1. The van der Waals surface area contributed by atoms with Gasteiger partial charge in [-0.05, 0) is 40.8 Å². The molecule has 90 valence electrons. The van der Waals surface area contributed by atoms with Gasteiger partial charge in [-0.2, -0.15) is 0 Å². The molecule has 1 aromatic carbocycles. The summed E-state index contributed by atoms with van der Waals surface area (Å²) in [7, 11) is 0. The summed E-state index contributed by atoms with van der Waals surface area (Å²) in [4.78, 5) is 0. The van der Waals surface area contributed by atoms with E-state index in [0.29, 0.717) is 11.7 Å². The highest BCUT2D eigenvalue weighted by atomic mass is 32.1. The molecule has 2 rings (SSSR count). The van der Waals surface area contributed by atoms with Crippen LogP contribution in [0, 0.1) is 5.41 Å². The van der Waals surface area contributed by atoms with Gasteiger partial charge in [-0.1, -0.05) is 44.2 Å². The van der Waals surface area contributed by atoms with Crippen LogP contribution in [0.2, 0.25) is 0 Å². The first-order chi connectivity index (χ1) is 8.00. The Morgan fingerprint density at radius 3 is 2.88 bits per heavy atom. The average Bonchev–Trinajstić information content (AvgIpc) is 2.49. The van der Waals surface area contributed by atoms with E-state index in [1.807, 2.05) is 0 Å². The van der Waals surface area contributed by atoms with Gasteiger partial charge in [0.05, 0.1) is 0 Å². The van der Waals surface area contributed by atoms with Gasteiger partial charge >= 0.3 is 0 Å². The van der Waals surface area contributed by atoms with E-state index in [0.717, 1.165) is 6.42 Å². The van der Waals surface area contributed by atoms with E-state index in [4.69, 9.17) is 18.0 Å². The van der Waals surface area contributed by atoms with Crippen molar-refractivity contribution in [3.63, 3.8) is 0 Å². The minimum Gasteiger partial charge on any atom is -0.376 e. The summed E-state index contributed by atoms with van der Waals surface area (Å²) in [5.41, 5.74) is 9.81. The van der Waals surface area contributed by atoms with Crippen molar-refractivity contribution in [2.45, 2.75) is 20.3 Å². The molecule has 0 saturated heterocycles. The van der Waals surface area contributed by atoms with E-state index in [-0.39, 0.29) is 5.41 Å². The van der Waals surface area contributed by atoms with Gasteiger partial charge in [0.2, 0.25) is 0 Å². The Kier molecular flexibility index (Phi) is 3.20. The van der Waals surface area contributed by atoms with Crippen LogP contribution in [0.1, 0.15) is 25.0 Å². The molecule has 0 atom stereocenters. The van der Waals surface area contributed by atoms with Gasteiger partial charge in [0.15, 0.2) is 5.11 Å². The number of fused-ring (bicyclic) bond motifs is 1. The highest BCUT2D eigenvalue weighted by molar-refractivity contribution is 7.80. The number of allylic oxidation sites excluding steroid dienone is 1. The van der Waals surface area contributed by atoms with Crippen molar-refractivity contribution in [2.24, 2.45) is 11.1 Å². The maximum Gasteiger partial charge on any atom is 0.163 e. The van der Waals surface area contributed by atoms with Gasteiger partial charge in [0.1, 0.15) is 0 Å². The lowest BCUT2D eigenvalue weighted by Crippen LogP contribution is -2.29. The van der Waals surface area contributed by atoms with Crippen LogP contribution in [0.5, 0.6) is 0 Å². The van der Waals surface area contributed by atoms with E-state index in [2.05, 4.69) is 49.5 Å². The minimum atomic E-state index is 0.196. The zero-order valence-electron chi connectivity index (χ0n) is 10.3. The molecule has 0 aromatic heterocycles. The Balaban J connectivity index is 2.28. The molecule has 0 saturated carbocycles. The zero-order chi connectivity index (χ0) is 12.5. The minimum absolute atomic E-state index is 0.196. The number of hydrogen-bond donors (Lipinski definition) is 2. The SMILES string of the molecule is CC1(C)Cc2ccccc2/C1=C/CNC(N)=S. The summed E-state index contributed by atoms with van der Waals surface area (Å²) in [6, 6.07) is 8.59. The maximum atomic E-state index is 5.43. The third kappa shape index (κ3) is 2.50. The molecule has 0 unspecified atom stereocenters. The van der Waals surface area contributed by atoms with Crippen LogP contribution in [0.15, 0.2) is 30.3 Å². The molecule has 17 heavy (non-hydrogen) atoms. The molecule has 3 heteroatoms. The first-order valence-electron chi connectivity index (χ1n) is 5.83. The Morgan fingerprint density at radius 1 is 1.47 bits per heavy atom. The molecule has 1 aliphatic rings. The lowest BCUT2D eigenvalue weighted by molar-refractivity contribution is 0.519. The fraction of sp³-hybridized carbons (Fsp3) is 0.357. The van der Waals surface area contributed by atoms with E-state index in [1.165, 1.54) is 16.7 Å². The molecule has 0 heterocycles. The van der Waals surface area contributed by atoms with Crippen molar-refractivity contribution in [3.8, 4) is 0 Å². The summed E-state index contributed by atoms with van der Waals surface area (Å²) in [5.74, 6) is 0. The molecule has 0 bridgehead atoms. The van der Waals surface area contributed by atoms with Crippen LogP contribution in [0.4, 0.5) is 0 Å². The number of thiocarbonyl (C=S) groups is 1. The number of hydrogen-bond acceptors (Lipinski definition) is 1. The highest BCUT2D eigenvalue weighted by Gasteiger charge is 2.32. The molecule has 1 aliphatic carbocycles. The molecule has 0 fully saturated rings. The summed E-state index contributed by atoms with van der Waals surface area (Å²) in [6.45, 7) is 5.25. The quantitative estimate of drug-likeness (QED) is 0.787. The number of nitrogens with one attached hydrogen (secondary N) is 1. The van der Waals surface area contributed by atoms with Gasteiger partial charge in [-0.15, -0.1) is 0 Å². The van der Waals surface area contributed by atoms with Crippen molar-refractivity contribution >= 4 is 22.9 Å². The Bertz CT molecular complexity index is 475. The molecular formula is C14H18N2S. The van der Waals surface area contributed by atoms with E-state index in [1.54, 1.807) is 0 Å². The van der Waals surface area contributed by atoms with Gasteiger partial charge in [0, 0.05) is 6.54 Å². The molecule has 3 N–H and O–H groups in total. The first-order valence-corrected chi connectivity index (χ1v) is 6.24. The third-order valence-corrected chi connectivity index (χ3v) is 3.40. The maximum absolute atomic E-state index is 5.43.